The maximum Gasteiger partial charge on any atom is 0.251 e. The van der Waals surface area contributed by atoms with Gasteiger partial charge in [-0.15, -0.1) is 0 Å². The van der Waals surface area contributed by atoms with Gasteiger partial charge in [-0.3, -0.25) is 9.59 Å². The van der Waals surface area contributed by atoms with Gasteiger partial charge in [-0.2, -0.15) is 0 Å². The summed E-state index contributed by atoms with van der Waals surface area (Å²) in [5.41, 5.74) is 0.303. The van der Waals surface area contributed by atoms with Crippen LogP contribution in [0, 0.1) is 5.82 Å². The Kier molecular flexibility index (Phi) is 5.14. The first kappa shape index (κ1) is 16.9. The fourth-order valence-corrected chi connectivity index (χ4v) is 3.55. The lowest BCUT2D eigenvalue weighted by Crippen LogP contribution is -2.54. The number of benzene rings is 1. The summed E-state index contributed by atoms with van der Waals surface area (Å²) in [6, 6.07) is 5.59. The summed E-state index contributed by atoms with van der Waals surface area (Å²) in [6.45, 7) is -0.162. The first-order chi connectivity index (χ1) is 11.6. The lowest BCUT2D eigenvalue weighted by Gasteiger charge is -2.39. The van der Waals surface area contributed by atoms with Gasteiger partial charge in [0.1, 0.15) is 12.4 Å². The van der Waals surface area contributed by atoms with E-state index in [1.165, 1.54) is 17.4 Å². The predicted molar refractivity (Wildman–Crippen MR) is 86.7 cm³/mol. The minimum absolute atomic E-state index is 0.138. The van der Waals surface area contributed by atoms with Crippen molar-refractivity contribution in [2.75, 3.05) is 13.7 Å². The first-order valence-corrected chi connectivity index (χ1v) is 8.50. The highest BCUT2D eigenvalue weighted by Crippen LogP contribution is 2.31. The molecule has 1 aliphatic carbocycles. The molecule has 1 aromatic carbocycles. The average molecular weight is 334 g/mol. The smallest absolute Gasteiger partial charge is 0.251 e. The van der Waals surface area contributed by atoms with E-state index in [1.54, 1.807) is 25.2 Å². The van der Waals surface area contributed by atoms with Gasteiger partial charge in [0.15, 0.2) is 6.10 Å². The van der Waals surface area contributed by atoms with Crippen molar-refractivity contribution < 1.29 is 18.7 Å². The van der Waals surface area contributed by atoms with Crippen molar-refractivity contribution in [3.63, 3.8) is 0 Å². The molecule has 6 heteroatoms. The molecule has 1 saturated heterocycles. The lowest BCUT2D eigenvalue weighted by molar-refractivity contribution is -0.162. The number of hydrogen-bond donors (Lipinski definition) is 1. The fourth-order valence-electron chi connectivity index (χ4n) is 3.55. The minimum atomic E-state index is -0.897. The van der Waals surface area contributed by atoms with E-state index >= 15 is 0 Å². The largest absolute Gasteiger partial charge is 0.356 e. The van der Waals surface area contributed by atoms with Crippen LogP contribution in [0.5, 0.6) is 0 Å². The van der Waals surface area contributed by atoms with Gasteiger partial charge < -0.3 is 15.0 Å². The number of rotatable bonds is 3. The second-order valence-corrected chi connectivity index (χ2v) is 6.55. The molecule has 130 valence electrons. The van der Waals surface area contributed by atoms with Gasteiger partial charge in [-0.1, -0.05) is 37.5 Å². The Morgan fingerprint density at radius 1 is 1.25 bits per heavy atom. The molecular formula is C18H23FN2O3. The highest BCUT2D eigenvalue weighted by atomic mass is 19.1. The number of halogens is 1. The number of nitrogens with one attached hydrogen (secondary N) is 1. The van der Waals surface area contributed by atoms with Gasteiger partial charge in [0.25, 0.3) is 5.91 Å². The Morgan fingerprint density at radius 2 is 1.96 bits per heavy atom. The van der Waals surface area contributed by atoms with Crippen molar-refractivity contribution in [2.24, 2.45) is 0 Å². The lowest BCUT2D eigenvalue weighted by atomic mass is 9.93. The Bertz CT molecular complexity index is 616. The quantitative estimate of drug-likeness (QED) is 0.922. The molecule has 2 atom stereocenters. The number of amides is 2. The van der Waals surface area contributed by atoms with Crippen LogP contribution in [0.25, 0.3) is 0 Å². The van der Waals surface area contributed by atoms with E-state index in [1.807, 2.05) is 0 Å². The molecule has 0 spiro atoms. The van der Waals surface area contributed by atoms with E-state index in [9.17, 15) is 14.0 Å². The van der Waals surface area contributed by atoms with Gasteiger partial charge in [0.2, 0.25) is 5.91 Å². The second-order valence-electron chi connectivity index (χ2n) is 6.55. The second kappa shape index (κ2) is 7.30. The van der Waals surface area contributed by atoms with E-state index in [0.29, 0.717) is 5.56 Å². The predicted octanol–water partition coefficient (Wildman–Crippen LogP) is 2.17. The van der Waals surface area contributed by atoms with Crippen LogP contribution in [0.1, 0.15) is 43.7 Å². The highest BCUT2D eigenvalue weighted by molar-refractivity contribution is 5.86. The summed E-state index contributed by atoms with van der Waals surface area (Å²) in [5, 5.41) is 3.02. The van der Waals surface area contributed by atoms with Crippen LogP contribution >= 0.6 is 0 Å². The normalized spacial score (nSPS) is 25.6. The first-order valence-electron chi connectivity index (χ1n) is 8.50. The number of carbonyl (C=O) groups is 2. The molecule has 1 aromatic rings. The van der Waals surface area contributed by atoms with Crippen molar-refractivity contribution in [1.29, 1.82) is 0 Å². The van der Waals surface area contributed by atoms with E-state index in [-0.39, 0.29) is 24.5 Å². The molecule has 0 aromatic heterocycles. The number of morpholine rings is 1. The molecular weight excluding hydrogens is 311 g/mol. The van der Waals surface area contributed by atoms with E-state index < -0.39 is 18.0 Å². The van der Waals surface area contributed by atoms with Crippen molar-refractivity contribution >= 4 is 11.8 Å². The van der Waals surface area contributed by atoms with Crippen molar-refractivity contribution in [1.82, 2.24) is 10.2 Å². The Labute approximate surface area is 141 Å². The molecule has 2 fully saturated rings. The zero-order valence-corrected chi connectivity index (χ0v) is 13.8. The van der Waals surface area contributed by atoms with E-state index in [2.05, 4.69) is 5.32 Å². The zero-order valence-electron chi connectivity index (χ0n) is 13.8. The SMILES string of the molecule is CN1C(=O)CO[C@@H](C(=O)NC2CCCCC2)[C@@H]1c1ccccc1F. The van der Waals surface area contributed by atoms with Gasteiger partial charge >= 0.3 is 0 Å². The van der Waals surface area contributed by atoms with Crippen LogP contribution in [0.4, 0.5) is 4.39 Å². The zero-order chi connectivity index (χ0) is 17.1. The van der Waals surface area contributed by atoms with Gasteiger partial charge in [0, 0.05) is 18.7 Å². The average Bonchev–Trinajstić information content (AvgIpc) is 2.59. The Hall–Kier alpha value is -1.95. The van der Waals surface area contributed by atoms with E-state index in [4.69, 9.17) is 4.74 Å². The van der Waals surface area contributed by atoms with Crippen molar-refractivity contribution in [3.05, 3.63) is 35.6 Å². The van der Waals surface area contributed by atoms with Crippen LogP contribution in [-0.4, -0.2) is 42.5 Å². The molecule has 1 saturated carbocycles. The molecule has 0 unspecified atom stereocenters. The molecule has 1 heterocycles. The maximum atomic E-state index is 14.2. The fraction of sp³-hybridized carbons (Fsp3) is 0.556. The molecule has 2 aliphatic rings. The number of likely N-dealkylation sites (N-methyl/N-ethyl adjacent to an activating group) is 1. The van der Waals surface area contributed by atoms with Gasteiger partial charge in [-0.05, 0) is 18.9 Å². The molecule has 1 N–H and O–H groups in total. The Morgan fingerprint density at radius 3 is 2.67 bits per heavy atom. The van der Waals surface area contributed by atoms with Crippen LogP contribution in [0.15, 0.2) is 24.3 Å². The third-order valence-electron chi connectivity index (χ3n) is 4.92. The molecule has 3 rings (SSSR count). The summed E-state index contributed by atoms with van der Waals surface area (Å²) in [7, 11) is 1.59. The number of ether oxygens (including phenoxy) is 1. The summed E-state index contributed by atoms with van der Waals surface area (Å²) >= 11 is 0. The topological polar surface area (TPSA) is 58.6 Å². The van der Waals surface area contributed by atoms with Gasteiger partial charge in [0.05, 0.1) is 6.04 Å². The molecule has 0 radical (unpaired) electrons. The van der Waals surface area contributed by atoms with Crippen LogP contribution < -0.4 is 5.32 Å². The van der Waals surface area contributed by atoms with Crippen LogP contribution in [0.3, 0.4) is 0 Å². The molecule has 5 nitrogen and oxygen atoms in total. The summed E-state index contributed by atoms with van der Waals surface area (Å²) in [4.78, 5) is 26.1. The van der Waals surface area contributed by atoms with Gasteiger partial charge in [-0.25, -0.2) is 4.39 Å². The number of hydrogen-bond acceptors (Lipinski definition) is 3. The summed E-state index contributed by atoms with van der Waals surface area (Å²) in [5.74, 6) is -0.970. The molecule has 0 bridgehead atoms. The van der Waals surface area contributed by atoms with E-state index in [0.717, 1.165) is 25.7 Å². The molecule has 2 amide bonds. The monoisotopic (exact) mass is 334 g/mol. The van der Waals surface area contributed by atoms with Crippen LogP contribution in [-0.2, 0) is 14.3 Å². The van der Waals surface area contributed by atoms with Crippen molar-refractivity contribution in [3.8, 4) is 0 Å². The van der Waals surface area contributed by atoms with Crippen LogP contribution in [0.2, 0.25) is 0 Å². The number of carbonyl (C=O) groups excluding carboxylic acids is 2. The van der Waals surface area contributed by atoms with Crippen molar-refractivity contribution in [2.45, 2.75) is 50.3 Å². The number of nitrogens with zero attached hydrogens (tertiary/aromatic N) is 1. The summed E-state index contributed by atoms with van der Waals surface area (Å²) < 4.78 is 19.8. The third kappa shape index (κ3) is 3.43. The Balaban J connectivity index is 1.82. The molecule has 1 aliphatic heterocycles. The minimum Gasteiger partial charge on any atom is -0.356 e. The highest BCUT2D eigenvalue weighted by Gasteiger charge is 2.41. The molecule has 24 heavy (non-hydrogen) atoms. The maximum absolute atomic E-state index is 14.2. The summed E-state index contributed by atoms with van der Waals surface area (Å²) in [6.07, 6.45) is 4.42. The standard InChI is InChI=1S/C18H23FN2O3/c1-21-15(22)11-24-17(16(21)13-9-5-6-10-14(13)19)18(23)20-12-7-3-2-4-8-12/h5-6,9-10,12,16-17H,2-4,7-8,11H2,1H3,(H,20,23)/t16-,17+/m0/s1. The third-order valence-corrected chi connectivity index (χ3v) is 4.92.